The van der Waals surface area contributed by atoms with E-state index < -0.39 is 0 Å². The Labute approximate surface area is 191 Å². The van der Waals surface area contributed by atoms with Gasteiger partial charge in [-0.1, -0.05) is 24.3 Å². The summed E-state index contributed by atoms with van der Waals surface area (Å²) < 4.78 is 6.06. The van der Waals surface area contributed by atoms with Crippen LogP contribution in [0.3, 0.4) is 0 Å². The Balaban J connectivity index is 1.15. The lowest BCUT2D eigenvalue weighted by molar-refractivity contribution is -0.00474. The molecule has 1 amide bonds. The Kier molecular flexibility index (Phi) is 4.97. The van der Waals surface area contributed by atoms with Gasteiger partial charge in [0, 0.05) is 12.6 Å². The third-order valence-corrected chi connectivity index (χ3v) is 6.89. The zero-order chi connectivity index (χ0) is 22.2. The van der Waals surface area contributed by atoms with Crippen LogP contribution in [0.15, 0.2) is 67.1 Å². The number of rotatable bonds is 5. The number of aromatic nitrogens is 5. The van der Waals surface area contributed by atoms with Gasteiger partial charge in [-0.15, -0.1) is 0 Å². The van der Waals surface area contributed by atoms with E-state index in [9.17, 15) is 4.79 Å². The van der Waals surface area contributed by atoms with Crippen LogP contribution in [-0.2, 0) is 0 Å². The molecule has 8 nitrogen and oxygen atoms in total. The van der Waals surface area contributed by atoms with Crippen LogP contribution in [0.2, 0.25) is 0 Å². The predicted octanol–water partition coefficient (Wildman–Crippen LogP) is 3.53. The molecule has 33 heavy (non-hydrogen) atoms. The maximum Gasteiger partial charge on any atom is 0.256 e. The zero-order valence-corrected chi connectivity index (χ0v) is 18.1. The number of piperidine rings is 2. The molecule has 3 unspecified atom stereocenters. The summed E-state index contributed by atoms with van der Waals surface area (Å²) in [6, 6.07) is 15.6. The molecule has 2 aromatic carbocycles. The summed E-state index contributed by atoms with van der Waals surface area (Å²) in [6.45, 7) is 1.35. The lowest BCUT2D eigenvalue weighted by Gasteiger charge is -2.49. The molecule has 8 heteroatoms. The van der Waals surface area contributed by atoms with Crippen LogP contribution in [0.5, 0.6) is 5.88 Å². The molecule has 1 aliphatic carbocycles. The van der Waals surface area contributed by atoms with Crippen molar-refractivity contribution in [1.82, 2.24) is 29.9 Å². The number of amides is 1. The molecular weight excluding hydrogens is 416 g/mol. The van der Waals surface area contributed by atoms with Crippen LogP contribution in [0.4, 0.5) is 0 Å². The molecule has 1 saturated carbocycles. The minimum absolute atomic E-state index is 0.0531. The Morgan fingerprint density at radius 2 is 1.79 bits per heavy atom. The van der Waals surface area contributed by atoms with Crippen LogP contribution in [0.1, 0.15) is 29.6 Å². The molecular formula is C25H24N6O2. The number of para-hydroxylation sites is 3. The molecule has 3 atom stereocenters. The van der Waals surface area contributed by atoms with E-state index in [1.54, 1.807) is 18.6 Å². The number of ether oxygens (including phenoxy) is 1. The van der Waals surface area contributed by atoms with Gasteiger partial charge in [0.2, 0.25) is 5.88 Å². The molecule has 0 N–H and O–H groups in total. The van der Waals surface area contributed by atoms with Crippen molar-refractivity contribution in [2.75, 3.05) is 13.2 Å². The predicted molar refractivity (Wildman–Crippen MR) is 122 cm³/mol. The fraction of sp³-hybridized carbons (Fsp3) is 0.320. The van der Waals surface area contributed by atoms with E-state index in [-0.39, 0.29) is 11.9 Å². The van der Waals surface area contributed by atoms with Crippen molar-refractivity contribution in [2.24, 2.45) is 11.8 Å². The first-order chi connectivity index (χ1) is 16.3. The Morgan fingerprint density at radius 1 is 1.00 bits per heavy atom. The molecule has 3 aliphatic rings. The van der Waals surface area contributed by atoms with Crippen LogP contribution in [0, 0.1) is 11.8 Å². The number of hydrogen-bond acceptors (Lipinski definition) is 6. The van der Waals surface area contributed by atoms with Crippen molar-refractivity contribution in [1.29, 1.82) is 0 Å². The fourth-order valence-corrected chi connectivity index (χ4v) is 5.21. The highest BCUT2D eigenvalue weighted by atomic mass is 16.5. The van der Waals surface area contributed by atoms with Gasteiger partial charge in [-0.25, -0.2) is 9.97 Å². The smallest absolute Gasteiger partial charge is 0.256 e. The van der Waals surface area contributed by atoms with Crippen molar-refractivity contribution in [3.8, 4) is 11.6 Å². The SMILES string of the molecule is O=C(c1ccccc1-n1nccn1)N1CC2CCC1CC2COc1cnc2ccccc2n1. The molecule has 2 saturated heterocycles. The van der Waals surface area contributed by atoms with Gasteiger partial charge in [0.15, 0.2) is 0 Å². The average Bonchev–Trinajstić information content (AvgIpc) is 3.42. The maximum absolute atomic E-state index is 13.5. The average molecular weight is 441 g/mol. The summed E-state index contributed by atoms with van der Waals surface area (Å²) >= 11 is 0. The van der Waals surface area contributed by atoms with Crippen molar-refractivity contribution in [3.05, 3.63) is 72.7 Å². The molecule has 0 radical (unpaired) electrons. The highest BCUT2D eigenvalue weighted by Gasteiger charge is 2.43. The van der Waals surface area contributed by atoms with Crippen molar-refractivity contribution in [2.45, 2.75) is 25.3 Å². The summed E-state index contributed by atoms with van der Waals surface area (Å²) in [5.41, 5.74) is 3.05. The number of benzene rings is 2. The second kappa shape index (κ2) is 8.27. The normalized spacial score (nSPS) is 21.9. The van der Waals surface area contributed by atoms with Gasteiger partial charge in [-0.05, 0) is 55.4 Å². The molecule has 4 aromatic rings. The Hall–Kier alpha value is -3.81. The van der Waals surface area contributed by atoms with E-state index in [2.05, 4.69) is 20.2 Å². The third kappa shape index (κ3) is 3.71. The quantitative estimate of drug-likeness (QED) is 0.472. The summed E-state index contributed by atoms with van der Waals surface area (Å²) in [4.78, 5) is 26.1. The van der Waals surface area contributed by atoms with Gasteiger partial charge >= 0.3 is 0 Å². The molecule has 2 aliphatic heterocycles. The zero-order valence-electron chi connectivity index (χ0n) is 18.1. The van der Waals surface area contributed by atoms with Crippen LogP contribution in [-0.4, -0.2) is 55.0 Å². The molecule has 2 aromatic heterocycles. The minimum atomic E-state index is 0.0531. The Bertz CT molecular complexity index is 1290. The van der Waals surface area contributed by atoms with Gasteiger partial charge < -0.3 is 9.64 Å². The van der Waals surface area contributed by atoms with Gasteiger partial charge in [-0.3, -0.25) is 4.79 Å². The first-order valence-corrected chi connectivity index (χ1v) is 11.4. The first-order valence-electron chi connectivity index (χ1n) is 11.4. The van der Waals surface area contributed by atoms with Gasteiger partial charge in [0.25, 0.3) is 5.91 Å². The second-order valence-electron chi connectivity index (χ2n) is 8.79. The highest BCUT2D eigenvalue weighted by Crippen LogP contribution is 2.40. The minimum Gasteiger partial charge on any atom is -0.476 e. The van der Waals surface area contributed by atoms with Gasteiger partial charge in [0.1, 0.15) is 0 Å². The number of carbonyl (C=O) groups is 1. The van der Waals surface area contributed by atoms with E-state index in [4.69, 9.17) is 4.74 Å². The molecule has 166 valence electrons. The molecule has 7 rings (SSSR count). The van der Waals surface area contributed by atoms with Gasteiger partial charge in [0.05, 0.1) is 47.5 Å². The third-order valence-electron chi connectivity index (χ3n) is 6.89. The Morgan fingerprint density at radius 3 is 2.61 bits per heavy atom. The van der Waals surface area contributed by atoms with E-state index in [1.165, 1.54) is 4.80 Å². The molecule has 3 fully saturated rings. The fourth-order valence-electron chi connectivity index (χ4n) is 5.21. The van der Waals surface area contributed by atoms with Crippen molar-refractivity contribution in [3.63, 3.8) is 0 Å². The van der Waals surface area contributed by atoms with Crippen LogP contribution < -0.4 is 4.74 Å². The summed E-state index contributed by atoms with van der Waals surface area (Å²) in [7, 11) is 0. The van der Waals surface area contributed by atoms with E-state index in [1.807, 2.05) is 53.4 Å². The second-order valence-corrected chi connectivity index (χ2v) is 8.79. The molecule has 4 heterocycles. The maximum atomic E-state index is 13.5. The monoisotopic (exact) mass is 440 g/mol. The van der Waals surface area contributed by atoms with E-state index in [0.717, 1.165) is 36.8 Å². The largest absolute Gasteiger partial charge is 0.476 e. The number of hydrogen-bond donors (Lipinski definition) is 0. The lowest BCUT2D eigenvalue weighted by atomic mass is 9.72. The van der Waals surface area contributed by atoms with Crippen molar-refractivity contribution < 1.29 is 9.53 Å². The van der Waals surface area contributed by atoms with Gasteiger partial charge in [-0.2, -0.15) is 15.0 Å². The number of carbonyl (C=O) groups excluding carboxylic acids is 1. The molecule has 2 bridgehead atoms. The van der Waals surface area contributed by atoms with E-state index in [0.29, 0.717) is 35.6 Å². The van der Waals surface area contributed by atoms with Crippen LogP contribution >= 0.6 is 0 Å². The first kappa shape index (κ1) is 19.8. The topological polar surface area (TPSA) is 86.0 Å². The summed E-state index contributed by atoms with van der Waals surface area (Å²) in [6.07, 6.45) is 8.03. The number of nitrogens with zero attached hydrogens (tertiary/aromatic N) is 6. The molecule has 0 spiro atoms. The number of fused-ring (bicyclic) bond motifs is 4. The summed E-state index contributed by atoms with van der Waals surface area (Å²) in [5.74, 6) is 1.44. The standard InChI is InChI=1S/C25H24N6O2/c32-25(20-5-1-4-8-23(20)31-27-11-12-28-31)30-15-17-9-10-19(30)13-18(17)16-33-24-14-26-21-6-2-3-7-22(21)29-24/h1-8,11-12,14,17-19H,9-10,13,15-16H2. The summed E-state index contributed by atoms with van der Waals surface area (Å²) in [5, 5.41) is 8.43. The van der Waals surface area contributed by atoms with Crippen LogP contribution in [0.25, 0.3) is 16.7 Å². The van der Waals surface area contributed by atoms with Crippen molar-refractivity contribution >= 4 is 16.9 Å². The van der Waals surface area contributed by atoms with E-state index >= 15 is 0 Å². The lowest BCUT2D eigenvalue weighted by Crippen LogP contribution is -2.55. The highest BCUT2D eigenvalue weighted by molar-refractivity contribution is 5.98.